The summed E-state index contributed by atoms with van der Waals surface area (Å²) < 4.78 is 5.12. The van der Waals surface area contributed by atoms with E-state index in [2.05, 4.69) is 0 Å². The van der Waals surface area contributed by atoms with Gasteiger partial charge in [-0.15, -0.1) is 0 Å². The first kappa shape index (κ1) is 12.1. The Morgan fingerprint density at radius 3 is 2.47 bits per heavy atom. The molecule has 0 aliphatic heterocycles. The predicted octanol–water partition coefficient (Wildman–Crippen LogP) is 2.73. The number of rotatable bonds is 3. The molecule has 2 radical (unpaired) electrons. The number of halogens is 1. The lowest BCUT2D eigenvalue weighted by molar-refractivity contribution is 0.414. The van der Waals surface area contributed by atoms with Gasteiger partial charge in [0.2, 0.25) is 0 Å². The topological polar surface area (TPSA) is 9.23 Å². The fraction of sp³-hybridized carbons (Fsp3) is 0.143. The van der Waals surface area contributed by atoms with Gasteiger partial charge in [0.1, 0.15) is 13.6 Å². The van der Waals surface area contributed by atoms with Gasteiger partial charge in [0.15, 0.2) is 0 Å². The highest BCUT2D eigenvalue weighted by Gasteiger charge is 2.02. The Bertz CT molecular complexity index is 508. The Morgan fingerprint density at radius 1 is 1.12 bits per heavy atom. The van der Waals surface area contributed by atoms with Crippen LogP contribution in [0.3, 0.4) is 0 Å². The lowest BCUT2D eigenvalue weighted by Crippen LogP contribution is -2.03. The normalized spacial score (nSPS) is 10.2. The highest BCUT2D eigenvalue weighted by molar-refractivity contribution is 6.34. The maximum atomic E-state index is 6.12. The molecule has 0 N–H and O–H groups in total. The number of benzene rings is 2. The summed E-state index contributed by atoms with van der Waals surface area (Å²) in [5.41, 5.74) is 2.95. The second-order valence-corrected chi connectivity index (χ2v) is 4.28. The summed E-state index contributed by atoms with van der Waals surface area (Å²) >= 11 is 6.12. The second kappa shape index (κ2) is 5.28. The van der Waals surface area contributed by atoms with Crippen LogP contribution in [0.15, 0.2) is 42.5 Å². The molecule has 0 aromatic heterocycles. The molecule has 0 aliphatic rings. The third-order valence-electron chi connectivity index (χ3n) is 2.62. The van der Waals surface area contributed by atoms with Crippen LogP contribution in [-0.2, 0) is 6.42 Å². The van der Waals surface area contributed by atoms with Gasteiger partial charge < -0.3 is 4.74 Å². The zero-order valence-corrected chi connectivity index (χ0v) is 10.4. The molecule has 0 saturated carbocycles. The molecule has 0 unspecified atom stereocenters. The highest BCUT2D eigenvalue weighted by Crippen LogP contribution is 2.19. The molecule has 0 spiro atoms. The third kappa shape index (κ3) is 3.04. The molecule has 1 nitrogen and oxygen atoms in total. The molecule has 2 aromatic rings. The monoisotopic (exact) mass is 242 g/mol. The molecule has 0 saturated heterocycles. The minimum atomic E-state index is 0.734. The Morgan fingerprint density at radius 2 is 1.82 bits per heavy atom. The lowest BCUT2D eigenvalue weighted by atomic mass is 9.92. The molecule has 0 amide bonds. The maximum Gasteiger partial charge on any atom is 0.118 e. The van der Waals surface area contributed by atoms with Crippen LogP contribution in [0.2, 0.25) is 5.02 Å². The standard InChI is InChI=1S/C14H12BClO/c1-17-13-5-2-10(3-6-13)8-11-9-12(15)4-7-14(11)16/h2-7,9H,8H2,1H3. The molecule has 0 fully saturated rings. The Hall–Kier alpha value is -1.41. The number of methoxy groups -OCH3 is 1. The average Bonchev–Trinajstić information content (AvgIpc) is 2.35. The van der Waals surface area contributed by atoms with E-state index in [-0.39, 0.29) is 0 Å². The first-order valence-corrected chi connectivity index (χ1v) is 5.73. The summed E-state index contributed by atoms with van der Waals surface area (Å²) in [5.74, 6) is 0.854. The molecule has 3 heteroatoms. The SMILES string of the molecule is [B]c1ccc(Cl)c(Cc2ccc(OC)cc2)c1. The van der Waals surface area contributed by atoms with Gasteiger partial charge in [0.25, 0.3) is 0 Å². The van der Waals surface area contributed by atoms with Crippen molar-refractivity contribution in [2.75, 3.05) is 7.11 Å². The fourth-order valence-electron chi connectivity index (χ4n) is 1.69. The van der Waals surface area contributed by atoms with E-state index in [1.165, 1.54) is 5.56 Å². The van der Waals surface area contributed by atoms with Crippen molar-refractivity contribution in [3.63, 3.8) is 0 Å². The van der Waals surface area contributed by atoms with Crippen LogP contribution in [-0.4, -0.2) is 15.0 Å². The first-order valence-electron chi connectivity index (χ1n) is 5.36. The number of hydrogen-bond donors (Lipinski definition) is 0. The molecule has 2 rings (SSSR count). The molecule has 2 aromatic carbocycles. The van der Waals surface area contributed by atoms with Gasteiger partial charge in [0, 0.05) is 5.02 Å². The molecule has 17 heavy (non-hydrogen) atoms. The highest BCUT2D eigenvalue weighted by atomic mass is 35.5. The van der Waals surface area contributed by atoms with Crippen LogP contribution in [0.1, 0.15) is 11.1 Å². The van der Waals surface area contributed by atoms with Crippen molar-refractivity contribution in [1.29, 1.82) is 0 Å². The van der Waals surface area contributed by atoms with Gasteiger partial charge >= 0.3 is 0 Å². The van der Waals surface area contributed by atoms with E-state index in [0.29, 0.717) is 0 Å². The second-order valence-electron chi connectivity index (χ2n) is 3.88. The quantitative estimate of drug-likeness (QED) is 0.752. The number of ether oxygens (including phenoxy) is 1. The maximum absolute atomic E-state index is 6.12. The van der Waals surface area contributed by atoms with E-state index >= 15 is 0 Å². The van der Waals surface area contributed by atoms with Crippen LogP contribution in [0.5, 0.6) is 5.75 Å². The van der Waals surface area contributed by atoms with E-state index in [1.54, 1.807) is 13.2 Å². The smallest absolute Gasteiger partial charge is 0.118 e. The zero-order chi connectivity index (χ0) is 12.3. The molecule has 84 valence electrons. The van der Waals surface area contributed by atoms with Crippen molar-refractivity contribution in [2.24, 2.45) is 0 Å². The van der Waals surface area contributed by atoms with E-state index in [4.69, 9.17) is 24.2 Å². The summed E-state index contributed by atoms with van der Waals surface area (Å²) in [7, 11) is 7.40. The van der Waals surface area contributed by atoms with Gasteiger partial charge in [0.05, 0.1) is 7.11 Å². The Kier molecular flexibility index (Phi) is 3.75. The number of hydrogen-bond acceptors (Lipinski definition) is 1. The van der Waals surface area contributed by atoms with Crippen LogP contribution in [0.4, 0.5) is 0 Å². The average molecular weight is 243 g/mol. The zero-order valence-electron chi connectivity index (χ0n) is 9.61. The van der Waals surface area contributed by atoms with Crippen molar-refractivity contribution in [1.82, 2.24) is 0 Å². The predicted molar refractivity (Wildman–Crippen MR) is 72.6 cm³/mol. The van der Waals surface area contributed by atoms with E-state index in [0.717, 1.165) is 28.2 Å². The van der Waals surface area contributed by atoms with Crippen molar-refractivity contribution in [3.05, 3.63) is 58.6 Å². The van der Waals surface area contributed by atoms with Crippen molar-refractivity contribution in [2.45, 2.75) is 6.42 Å². The summed E-state index contributed by atoms with van der Waals surface area (Å²) in [6.45, 7) is 0. The van der Waals surface area contributed by atoms with E-state index in [9.17, 15) is 0 Å². The fourth-order valence-corrected chi connectivity index (χ4v) is 1.88. The van der Waals surface area contributed by atoms with Crippen LogP contribution < -0.4 is 10.2 Å². The molecule has 0 bridgehead atoms. The summed E-state index contributed by atoms with van der Waals surface area (Å²) in [5, 5.41) is 0.745. The van der Waals surface area contributed by atoms with Crippen LogP contribution >= 0.6 is 11.6 Å². The molecule has 0 heterocycles. The van der Waals surface area contributed by atoms with Gasteiger partial charge in [-0.2, -0.15) is 0 Å². The summed E-state index contributed by atoms with van der Waals surface area (Å²) in [6, 6.07) is 13.5. The van der Waals surface area contributed by atoms with E-state index in [1.807, 2.05) is 36.4 Å². The van der Waals surface area contributed by atoms with Crippen molar-refractivity contribution >= 4 is 24.9 Å². The van der Waals surface area contributed by atoms with Crippen LogP contribution in [0, 0.1) is 0 Å². The largest absolute Gasteiger partial charge is 0.497 e. The van der Waals surface area contributed by atoms with Crippen molar-refractivity contribution < 1.29 is 4.74 Å². The Balaban J connectivity index is 2.22. The van der Waals surface area contributed by atoms with Gasteiger partial charge in [-0.3, -0.25) is 0 Å². The minimum Gasteiger partial charge on any atom is -0.497 e. The molecule has 0 atom stereocenters. The molecular weight excluding hydrogens is 230 g/mol. The summed E-state index contributed by atoms with van der Waals surface area (Å²) in [6.07, 6.45) is 0.772. The summed E-state index contributed by atoms with van der Waals surface area (Å²) in [4.78, 5) is 0. The minimum absolute atomic E-state index is 0.734. The molecular formula is C14H12BClO. The van der Waals surface area contributed by atoms with Crippen molar-refractivity contribution in [3.8, 4) is 5.75 Å². The van der Waals surface area contributed by atoms with Gasteiger partial charge in [-0.1, -0.05) is 41.3 Å². The lowest BCUT2D eigenvalue weighted by Gasteiger charge is -2.07. The van der Waals surface area contributed by atoms with Gasteiger partial charge in [-0.25, -0.2) is 0 Å². The first-order chi connectivity index (χ1) is 8.19. The van der Waals surface area contributed by atoms with Crippen LogP contribution in [0.25, 0.3) is 0 Å². The Labute approximate surface area is 108 Å². The van der Waals surface area contributed by atoms with E-state index < -0.39 is 0 Å². The van der Waals surface area contributed by atoms with Gasteiger partial charge in [-0.05, 0) is 35.7 Å². The molecule has 0 aliphatic carbocycles. The third-order valence-corrected chi connectivity index (χ3v) is 2.99.